The van der Waals surface area contributed by atoms with Gasteiger partial charge >= 0.3 is 0 Å². The van der Waals surface area contributed by atoms with Crippen molar-refractivity contribution in [2.45, 2.75) is 16.3 Å². The van der Waals surface area contributed by atoms with Crippen molar-refractivity contribution in [3.63, 3.8) is 0 Å². The summed E-state index contributed by atoms with van der Waals surface area (Å²) in [6.07, 6.45) is 3.91. The zero-order valence-electron chi connectivity index (χ0n) is 9.77. The lowest BCUT2D eigenvalue weighted by Gasteiger charge is -2.08. The number of rotatable bonds is 4. The Morgan fingerprint density at radius 2 is 2.29 bits per heavy atom. The molecule has 2 aromatic rings. The first-order chi connectivity index (χ1) is 8.19. The summed E-state index contributed by atoms with van der Waals surface area (Å²) in [5, 5.41) is 7.36. The van der Waals surface area contributed by atoms with E-state index in [1.54, 1.807) is 11.8 Å². The molecule has 0 saturated heterocycles. The third kappa shape index (κ3) is 3.34. The van der Waals surface area contributed by atoms with Crippen LogP contribution in [0.4, 0.5) is 0 Å². The summed E-state index contributed by atoms with van der Waals surface area (Å²) in [6.45, 7) is 0.863. The van der Waals surface area contributed by atoms with Crippen LogP contribution in [0, 0.1) is 0 Å². The SMILES string of the molecule is CNCc1cc(Br)ccc1Sc1cnn(C)c1. The molecular weight excluding hydrogens is 298 g/mol. The number of nitrogens with zero attached hydrogens (tertiary/aromatic N) is 2. The van der Waals surface area contributed by atoms with Gasteiger partial charge in [0.05, 0.1) is 11.1 Å². The normalized spacial score (nSPS) is 10.8. The molecule has 0 atom stereocenters. The van der Waals surface area contributed by atoms with Crippen molar-refractivity contribution >= 4 is 27.7 Å². The van der Waals surface area contributed by atoms with Crippen molar-refractivity contribution in [3.05, 3.63) is 40.6 Å². The van der Waals surface area contributed by atoms with E-state index in [9.17, 15) is 0 Å². The third-order valence-corrected chi connectivity index (χ3v) is 3.86. The van der Waals surface area contributed by atoms with Crippen molar-refractivity contribution in [2.75, 3.05) is 7.05 Å². The lowest BCUT2D eigenvalue weighted by molar-refractivity contribution is 0.766. The lowest BCUT2D eigenvalue weighted by atomic mass is 10.2. The van der Waals surface area contributed by atoms with Gasteiger partial charge in [-0.15, -0.1) is 0 Å². The van der Waals surface area contributed by atoms with Crippen molar-refractivity contribution in [1.29, 1.82) is 0 Å². The van der Waals surface area contributed by atoms with E-state index in [1.807, 2.05) is 31.2 Å². The number of nitrogens with one attached hydrogen (secondary N) is 1. The molecule has 0 saturated carbocycles. The van der Waals surface area contributed by atoms with Gasteiger partial charge in [-0.2, -0.15) is 5.10 Å². The van der Waals surface area contributed by atoms with Crippen LogP contribution < -0.4 is 5.32 Å². The van der Waals surface area contributed by atoms with Crippen LogP contribution in [0.25, 0.3) is 0 Å². The predicted octanol–water partition coefficient (Wildman–Crippen LogP) is 3.05. The van der Waals surface area contributed by atoms with E-state index in [0.29, 0.717) is 0 Å². The number of halogens is 1. The molecule has 0 amide bonds. The molecule has 0 aliphatic rings. The topological polar surface area (TPSA) is 29.9 Å². The number of benzene rings is 1. The molecule has 0 unspecified atom stereocenters. The number of aromatic nitrogens is 2. The average molecular weight is 312 g/mol. The Labute approximate surface area is 114 Å². The van der Waals surface area contributed by atoms with E-state index in [1.165, 1.54) is 10.5 Å². The lowest BCUT2D eigenvalue weighted by Crippen LogP contribution is -2.06. The van der Waals surface area contributed by atoms with E-state index >= 15 is 0 Å². The van der Waals surface area contributed by atoms with Crippen LogP contribution in [0.15, 0.2) is 44.9 Å². The molecule has 0 bridgehead atoms. The average Bonchev–Trinajstić information content (AvgIpc) is 2.69. The predicted molar refractivity (Wildman–Crippen MR) is 74.2 cm³/mol. The van der Waals surface area contributed by atoms with Crippen molar-refractivity contribution in [3.8, 4) is 0 Å². The maximum Gasteiger partial charge on any atom is 0.0629 e. The fourth-order valence-corrected chi connectivity index (χ4v) is 2.92. The zero-order chi connectivity index (χ0) is 12.3. The molecular formula is C12H14BrN3S. The quantitative estimate of drug-likeness (QED) is 0.941. The highest BCUT2D eigenvalue weighted by molar-refractivity contribution is 9.10. The van der Waals surface area contributed by atoms with Gasteiger partial charge in [0.2, 0.25) is 0 Å². The molecule has 17 heavy (non-hydrogen) atoms. The summed E-state index contributed by atoms with van der Waals surface area (Å²) in [5.41, 5.74) is 1.29. The monoisotopic (exact) mass is 311 g/mol. The molecule has 1 N–H and O–H groups in total. The van der Waals surface area contributed by atoms with Gasteiger partial charge < -0.3 is 5.32 Å². The molecule has 90 valence electrons. The van der Waals surface area contributed by atoms with Gasteiger partial charge in [-0.05, 0) is 30.8 Å². The number of hydrogen-bond acceptors (Lipinski definition) is 3. The maximum absolute atomic E-state index is 4.18. The zero-order valence-corrected chi connectivity index (χ0v) is 12.2. The minimum absolute atomic E-state index is 0.863. The Hall–Kier alpha value is -0.780. The molecule has 1 aromatic heterocycles. The largest absolute Gasteiger partial charge is 0.316 e. The van der Waals surface area contributed by atoms with Crippen LogP contribution in [0.2, 0.25) is 0 Å². The summed E-state index contributed by atoms with van der Waals surface area (Å²) >= 11 is 5.24. The summed E-state index contributed by atoms with van der Waals surface area (Å²) < 4.78 is 2.93. The van der Waals surface area contributed by atoms with E-state index in [-0.39, 0.29) is 0 Å². The Morgan fingerprint density at radius 1 is 1.47 bits per heavy atom. The first-order valence-corrected chi connectivity index (χ1v) is 6.89. The third-order valence-electron chi connectivity index (χ3n) is 2.30. The van der Waals surface area contributed by atoms with E-state index in [4.69, 9.17) is 0 Å². The van der Waals surface area contributed by atoms with Crippen molar-refractivity contribution < 1.29 is 0 Å². The van der Waals surface area contributed by atoms with E-state index in [2.05, 4.69) is 44.5 Å². The fraction of sp³-hybridized carbons (Fsp3) is 0.250. The highest BCUT2D eigenvalue weighted by atomic mass is 79.9. The van der Waals surface area contributed by atoms with Crippen LogP contribution in [-0.2, 0) is 13.6 Å². The first-order valence-electron chi connectivity index (χ1n) is 5.28. The van der Waals surface area contributed by atoms with Gasteiger partial charge in [0.25, 0.3) is 0 Å². The fourth-order valence-electron chi connectivity index (χ4n) is 1.55. The Kier molecular flexibility index (Phi) is 4.25. The summed E-state index contributed by atoms with van der Waals surface area (Å²) in [5.74, 6) is 0. The van der Waals surface area contributed by atoms with Gasteiger partial charge in [-0.25, -0.2) is 0 Å². The first kappa shape index (κ1) is 12.7. The molecule has 0 spiro atoms. The second-order valence-electron chi connectivity index (χ2n) is 3.73. The van der Waals surface area contributed by atoms with Gasteiger partial charge in [0, 0.05) is 29.2 Å². The van der Waals surface area contributed by atoms with Crippen molar-refractivity contribution in [1.82, 2.24) is 15.1 Å². The maximum atomic E-state index is 4.18. The van der Waals surface area contributed by atoms with Crippen molar-refractivity contribution in [2.24, 2.45) is 7.05 Å². The van der Waals surface area contributed by atoms with Crippen LogP contribution in [-0.4, -0.2) is 16.8 Å². The number of hydrogen-bond donors (Lipinski definition) is 1. The van der Waals surface area contributed by atoms with Crippen LogP contribution in [0.5, 0.6) is 0 Å². The van der Waals surface area contributed by atoms with Gasteiger partial charge in [-0.3, -0.25) is 4.68 Å². The highest BCUT2D eigenvalue weighted by Gasteiger charge is 2.06. The molecule has 0 aliphatic carbocycles. The molecule has 0 fully saturated rings. The van der Waals surface area contributed by atoms with Gasteiger partial charge in [-0.1, -0.05) is 27.7 Å². The molecule has 3 nitrogen and oxygen atoms in total. The molecule has 0 aliphatic heterocycles. The van der Waals surface area contributed by atoms with E-state index < -0.39 is 0 Å². The smallest absolute Gasteiger partial charge is 0.0629 e. The Bertz CT molecular complexity index is 510. The van der Waals surface area contributed by atoms with Gasteiger partial charge in [0.1, 0.15) is 0 Å². The standard InChI is InChI=1S/C12H14BrN3S/c1-14-6-9-5-10(13)3-4-12(9)17-11-7-15-16(2)8-11/h3-5,7-8,14H,6H2,1-2H3. The van der Waals surface area contributed by atoms with Crippen LogP contribution in [0.1, 0.15) is 5.56 Å². The minimum Gasteiger partial charge on any atom is -0.316 e. The second kappa shape index (κ2) is 5.71. The summed E-state index contributed by atoms with van der Waals surface area (Å²) in [7, 11) is 3.89. The molecule has 1 aromatic carbocycles. The summed E-state index contributed by atoms with van der Waals surface area (Å²) in [4.78, 5) is 2.42. The van der Waals surface area contributed by atoms with Crippen LogP contribution in [0.3, 0.4) is 0 Å². The summed E-state index contributed by atoms with van der Waals surface area (Å²) in [6, 6.07) is 6.35. The van der Waals surface area contributed by atoms with E-state index in [0.717, 1.165) is 15.9 Å². The van der Waals surface area contributed by atoms with Crippen LogP contribution >= 0.6 is 27.7 Å². The second-order valence-corrected chi connectivity index (χ2v) is 5.77. The number of aryl methyl sites for hydroxylation is 1. The highest BCUT2D eigenvalue weighted by Crippen LogP contribution is 2.31. The minimum atomic E-state index is 0.863. The molecule has 1 heterocycles. The molecule has 2 rings (SSSR count). The Morgan fingerprint density at radius 3 is 2.94 bits per heavy atom. The molecule has 0 radical (unpaired) electrons. The molecule has 5 heteroatoms. The Balaban J connectivity index is 2.25. The van der Waals surface area contributed by atoms with Gasteiger partial charge in [0.15, 0.2) is 0 Å².